The number of carbonyl (C=O) groups is 1. The van der Waals surface area contributed by atoms with E-state index < -0.39 is 6.43 Å². The number of hydrogen-bond donors (Lipinski definition) is 1. The number of benzene rings is 2. The number of nitrogens with zero attached hydrogens (tertiary/aromatic N) is 5. The first kappa shape index (κ1) is 31.3. The number of rotatable bonds is 13. The molecular formula is C35H42F2N6O. The van der Waals surface area contributed by atoms with Crippen molar-refractivity contribution in [2.24, 2.45) is 5.92 Å². The number of imidazole rings is 1. The third-order valence-electron chi connectivity index (χ3n) is 8.69. The largest absolute Gasteiger partial charge is 0.375 e. The predicted octanol–water partition coefficient (Wildman–Crippen LogP) is 7.24. The molecule has 1 fully saturated rings. The summed E-state index contributed by atoms with van der Waals surface area (Å²) >= 11 is 0. The van der Waals surface area contributed by atoms with E-state index in [1.807, 2.05) is 28.8 Å². The SMILES string of the molecule is C=C(c1ccc(Nc2nccn3c(-c4ccc(CC(F)F)cc4)cnc23)cc1C)N(C)CCC1CCN(CCC(C)=O)CC1. The number of halogens is 2. The molecule has 0 amide bonds. The summed E-state index contributed by atoms with van der Waals surface area (Å²) in [5.74, 6) is 1.60. The number of likely N-dealkylation sites (tertiary alicyclic amines) is 1. The Morgan fingerprint density at radius 3 is 2.57 bits per heavy atom. The van der Waals surface area contributed by atoms with Crippen LogP contribution in [-0.4, -0.2) is 69.6 Å². The van der Waals surface area contributed by atoms with Gasteiger partial charge in [0.05, 0.1) is 11.9 Å². The van der Waals surface area contributed by atoms with E-state index >= 15 is 0 Å². The molecule has 0 bridgehead atoms. The summed E-state index contributed by atoms with van der Waals surface area (Å²) in [6.07, 6.45) is 6.89. The van der Waals surface area contributed by atoms with Crippen LogP contribution in [0.4, 0.5) is 20.3 Å². The van der Waals surface area contributed by atoms with Crippen molar-refractivity contribution in [2.75, 3.05) is 38.5 Å². The quantitative estimate of drug-likeness (QED) is 0.175. The van der Waals surface area contributed by atoms with E-state index in [2.05, 4.69) is 57.8 Å². The number of aryl methyl sites for hydroxylation is 1. The summed E-state index contributed by atoms with van der Waals surface area (Å²) in [5, 5.41) is 3.42. The molecule has 2 aromatic carbocycles. The zero-order valence-corrected chi connectivity index (χ0v) is 25.9. The smallest absolute Gasteiger partial charge is 0.242 e. The van der Waals surface area contributed by atoms with Gasteiger partial charge in [-0.25, -0.2) is 18.7 Å². The molecule has 0 radical (unpaired) electrons. The Morgan fingerprint density at radius 1 is 1.14 bits per heavy atom. The van der Waals surface area contributed by atoms with Gasteiger partial charge in [0.25, 0.3) is 0 Å². The summed E-state index contributed by atoms with van der Waals surface area (Å²) in [6, 6.07) is 13.4. The van der Waals surface area contributed by atoms with Crippen molar-refractivity contribution >= 4 is 28.6 Å². The second kappa shape index (κ2) is 14.1. The van der Waals surface area contributed by atoms with Gasteiger partial charge in [-0.05, 0) is 75.4 Å². The number of Topliss-reactive ketones (excluding diaryl/α,β-unsaturated/α-hetero) is 1. The van der Waals surface area contributed by atoms with E-state index in [0.717, 1.165) is 66.4 Å². The summed E-state index contributed by atoms with van der Waals surface area (Å²) in [7, 11) is 2.11. The highest BCUT2D eigenvalue weighted by atomic mass is 19.3. The number of piperidine rings is 1. The minimum Gasteiger partial charge on any atom is -0.375 e. The fraction of sp³-hybridized carbons (Fsp3) is 0.400. The van der Waals surface area contributed by atoms with Gasteiger partial charge in [-0.2, -0.15) is 0 Å². The average Bonchev–Trinajstić information content (AvgIpc) is 3.44. The van der Waals surface area contributed by atoms with E-state index in [9.17, 15) is 13.6 Å². The van der Waals surface area contributed by atoms with Crippen molar-refractivity contribution in [2.45, 2.75) is 52.4 Å². The molecule has 0 atom stereocenters. The van der Waals surface area contributed by atoms with Gasteiger partial charge in [0.15, 0.2) is 11.5 Å². The number of aromatic nitrogens is 3. The minimum atomic E-state index is -2.36. The van der Waals surface area contributed by atoms with Gasteiger partial charge >= 0.3 is 0 Å². The number of fused-ring (bicyclic) bond motifs is 1. The molecule has 4 aromatic rings. The molecule has 0 saturated carbocycles. The van der Waals surface area contributed by atoms with Crippen LogP contribution < -0.4 is 5.32 Å². The number of carbonyl (C=O) groups excluding carboxylic acids is 1. The Morgan fingerprint density at radius 2 is 1.89 bits per heavy atom. The lowest BCUT2D eigenvalue weighted by Gasteiger charge is -2.33. The molecule has 2 aromatic heterocycles. The van der Waals surface area contributed by atoms with E-state index in [1.54, 1.807) is 31.5 Å². The van der Waals surface area contributed by atoms with Crippen LogP contribution in [0.3, 0.4) is 0 Å². The Kier molecular flexibility index (Phi) is 10.0. The van der Waals surface area contributed by atoms with Crippen molar-refractivity contribution in [1.29, 1.82) is 0 Å². The normalized spacial score (nSPS) is 14.3. The van der Waals surface area contributed by atoms with Gasteiger partial charge in [-0.1, -0.05) is 36.9 Å². The average molecular weight is 601 g/mol. The number of alkyl halides is 2. The van der Waals surface area contributed by atoms with E-state index in [4.69, 9.17) is 0 Å². The van der Waals surface area contributed by atoms with Crippen LogP contribution in [0.1, 0.15) is 49.3 Å². The van der Waals surface area contributed by atoms with Gasteiger partial charge in [-0.15, -0.1) is 0 Å². The molecule has 9 heteroatoms. The Labute approximate surface area is 258 Å². The third kappa shape index (κ3) is 7.69. The highest BCUT2D eigenvalue weighted by Gasteiger charge is 2.20. The second-order valence-corrected chi connectivity index (χ2v) is 12.0. The summed E-state index contributed by atoms with van der Waals surface area (Å²) in [6.45, 7) is 12.2. The molecule has 0 spiro atoms. The van der Waals surface area contributed by atoms with Crippen LogP contribution in [0.5, 0.6) is 0 Å². The molecule has 1 saturated heterocycles. The topological polar surface area (TPSA) is 65.8 Å². The van der Waals surface area contributed by atoms with Crippen molar-refractivity contribution in [1.82, 2.24) is 24.2 Å². The van der Waals surface area contributed by atoms with E-state index in [0.29, 0.717) is 29.4 Å². The summed E-state index contributed by atoms with van der Waals surface area (Å²) in [5.41, 5.74) is 7.17. The van der Waals surface area contributed by atoms with Crippen LogP contribution in [0, 0.1) is 12.8 Å². The predicted molar refractivity (Wildman–Crippen MR) is 173 cm³/mol. The maximum atomic E-state index is 12.7. The zero-order valence-electron chi connectivity index (χ0n) is 25.9. The molecule has 5 rings (SSSR count). The van der Waals surface area contributed by atoms with Crippen molar-refractivity contribution < 1.29 is 13.6 Å². The van der Waals surface area contributed by atoms with Crippen molar-refractivity contribution in [3.05, 3.63) is 84.3 Å². The van der Waals surface area contributed by atoms with E-state index in [-0.39, 0.29) is 12.2 Å². The molecule has 3 heterocycles. The molecule has 232 valence electrons. The molecule has 1 N–H and O–H groups in total. The van der Waals surface area contributed by atoms with Crippen LogP contribution in [-0.2, 0) is 11.2 Å². The summed E-state index contributed by atoms with van der Waals surface area (Å²) < 4.78 is 27.4. The first-order valence-electron chi connectivity index (χ1n) is 15.4. The lowest BCUT2D eigenvalue weighted by molar-refractivity contribution is -0.117. The lowest BCUT2D eigenvalue weighted by atomic mass is 9.93. The van der Waals surface area contributed by atoms with Crippen LogP contribution in [0.2, 0.25) is 0 Å². The maximum absolute atomic E-state index is 12.7. The minimum absolute atomic E-state index is 0.253. The monoisotopic (exact) mass is 600 g/mol. The summed E-state index contributed by atoms with van der Waals surface area (Å²) in [4.78, 5) is 25.1. The van der Waals surface area contributed by atoms with Gasteiger partial charge < -0.3 is 15.1 Å². The highest BCUT2D eigenvalue weighted by molar-refractivity contribution is 5.76. The second-order valence-electron chi connectivity index (χ2n) is 12.0. The molecule has 1 aliphatic heterocycles. The molecule has 0 unspecified atom stereocenters. The van der Waals surface area contributed by atoms with Gasteiger partial charge in [0, 0.05) is 67.9 Å². The highest BCUT2D eigenvalue weighted by Crippen LogP contribution is 2.29. The van der Waals surface area contributed by atoms with Crippen LogP contribution in [0.15, 0.2) is 67.6 Å². The Bertz CT molecular complexity index is 1590. The Balaban J connectivity index is 1.19. The fourth-order valence-corrected chi connectivity index (χ4v) is 5.94. The lowest BCUT2D eigenvalue weighted by Crippen LogP contribution is -2.35. The first-order valence-corrected chi connectivity index (χ1v) is 15.4. The van der Waals surface area contributed by atoms with Crippen molar-refractivity contribution in [3.63, 3.8) is 0 Å². The fourth-order valence-electron chi connectivity index (χ4n) is 5.94. The standard InChI is InChI=1S/C35H42F2N6O/c1-24-21-30(9-10-31(24)26(3)41(4)16-12-27-13-18-42(19-14-27)17-11-25(2)44)40-34-35-39-23-32(43(35)20-15-38-34)29-7-5-28(6-8-29)22-33(36)37/h5-10,15,20-21,23,27,33H,3,11-14,16-19,22H2,1-2,4H3,(H,38,40). The number of nitrogens with one attached hydrogen (secondary N) is 1. The number of hydrogen-bond acceptors (Lipinski definition) is 6. The molecule has 44 heavy (non-hydrogen) atoms. The molecule has 1 aliphatic rings. The maximum Gasteiger partial charge on any atom is 0.242 e. The van der Waals surface area contributed by atoms with Gasteiger partial charge in [-0.3, -0.25) is 9.20 Å². The van der Waals surface area contributed by atoms with E-state index in [1.165, 1.54) is 12.8 Å². The number of anilines is 2. The number of ketones is 1. The Hall–Kier alpha value is -4.11. The van der Waals surface area contributed by atoms with Crippen LogP contribution in [0.25, 0.3) is 22.6 Å². The van der Waals surface area contributed by atoms with Gasteiger partial charge in [0.1, 0.15) is 5.78 Å². The van der Waals surface area contributed by atoms with Gasteiger partial charge in [0.2, 0.25) is 6.43 Å². The third-order valence-corrected chi connectivity index (χ3v) is 8.69. The molecular weight excluding hydrogens is 558 g/mol. The van der Waals surface area contributed by atoms with Crippen molar-refractivity contribution in [3.8, 4) is 11.3 Å². The first-order chi connectivity index (χ1) is 21.2. The zero-order chi connectivity index (χ0) is 31.2. The van der Waals surface area contributed by atoms with Crippen LogP contribution >= 0.6 is 0 Å². The molecule has 0 aliphatic carbocycles. The molecule has 7 nitrogen and oxygen atoms in total.